The summed E-state index contributed by atoms with van der Waals surface area (Å²) in [6, 6.07) is 11.0. The second kappa shape index (κ2) is 13.1. The lowest BCUT2D eigenvalue weighted by molar-refractivity contribution is -0.00998. The molecule has 1 aliphatic heterocycles. The number of aryl methyl sites for hydroxylation is 1. The van der Waals surface area contributed by atoms with E-state index in [4.69, 9.17) is 24.7 Å². The van der Waals surface area contributed by atoms with Gasteiger partial charge >= 0.3 is 6.09 Å². The van der Waals surface area contributed by atoms with Crippen molar-refractivity contribution in [1.82, 2.24) is 19.2 Å². The summed E-state index contributed by atoms with van der Waals surface area (Å²) in [5.41, 5.74) is 8.63. The summed E-state index contributed by atoms with van der Waals surface area (Å²) in [5.74, 6) is 0.419. The maximum absolute atomic E-state index is 12.6. The van der Waals surface area contributed by atoms with Gasteiger partial charge in [-0.05, 0) is 43.9 Å². The van der Waals surface area contributed by atoms with E-state index in [1.165, 1.54) is 17.1 Å². The van der Waals surface area contributed by atoms with E-state index in [9.17, 15) is 9.59 Å². The fourth-order valence-electron chi connectivity index (χ4n) is 4.37. The van der Waals surface area contributed by atoms with Gasteiger partial charge in [0.25, 0.3) is 0 Å². The third-order valence-corrected chi connectivity index (χ3v) is 6.58. The van der Waals surface area contributed by atoms with Crippen LogP contribution in [0.3, 0.4) is 0 Å². The predicted octanol–water partition coefficient (Wildman–Crippen LogP) is 3.52. The molecule has 0 saturated carbocycles. The van der Waals surface area contributed by atoms with Gasteiger partial charge in [0.2, 0.25) is 0 Å². The van der Waals surface area contributed by atoms with Gasteiger partial charge in [-0.15, -0.1) is 0 Å². The van der Waals surface area contributed by atoms with Crippen LogP contribution in [-0.4, -0.2) is 77.8 Å². The molecule has 1 atom stereocenters. The number of nitrogens with two attached hydrogens (primary N) is 1. The number of aldehydes is 1. The van der Waals surface area contributed by atoms with Gasteiger partial charge in [0.15, 0.2) is 12.1 Å². The molecule has 11 nitrogen and oxygen atoms in total. The first-order chi connectivity index (χ1) is 18.5. The first-order valence-corrected chi connectivity index (χ1v) is 12.5. The van der Waals surface area contributed by atoms with Gasteiger partial charge in [-0.3, -0.25) is 9.36 Å². The maximum atomic E-state index is 12.6. The molecule has 202 valence electrons. The van der Waals surface area contributed by atoms with Crippen molar-refractivity contribution in [3.8, 4) is 0 Å². The van der Waals surface area contributed by atoms with Crippen LogP contribution in [0.5, 0.6) is 0 Å². The zero-order valence-electron chi connectivity index (χ0n) is 21.6. The van der Waals surface area contributed by atoms with E-state index < -0.39 is 6.09 Å². The molecule has 0 aliphatic carbocycles. The highest BCUT2D eigenvalue weighted by Crippen LogP contribution is 2.21. The molecular weight excluding hydrogens is 490 g/mol. The summed E-state index contributed by atoms with van der Waals surface area (Å²) in [6.45, 7) is 1.83. The highest BCUT2D eigenvalue weighted by Gasteiger charge is 2.17. The lowest BCUT2D eigenvalue weighted by Crippen LogP contribution is -2.24. The van der Waals surface area contributed by atoms with Crippen molar-refractivity contribution in [1.29, 1.82) is 0 Å². The molecule has 5 rings (SSSR count). The van der Waals surface area contributed by atoms with Crippen LogP contribution in [0.4, 0.5) is 10.6 Å². The highest BCUT2D eigenvalue weighted by atomic mass is 16.6. The number of anilines is 1. The summed E-state index contributed by atoms with van der Waals surface area (Å²) in [4.78, 5) is 27.8. The van der Waals surface area contributed by atoms with Crippen molar-refractivity contribution in [2.24, 2.45) is 0 Å². The Morgan fingerprint density at radius 2 is 1.97 bits per heavy atom. The lowest BCUT2D eigenvalue weighted by Gasteiger charge is -2.19. The van der Waals surface area contributed by atoms with Gasteiger partial charge in [0.05, 0.1) is 17.7 Å². The Kier molecular flexibility index (Phi) is 9.41. The Hall–Kier alpha value is -3.80. The number of carbonyl (C=O) groups excluding carboxylic acids is 2. The molecule has 4 heterocycles. The van der Waals surface area contributed by atoms with Gasteiger partial charge in [0, 0.05) is 50.3 Å². The van der Waals surface area contributed by atoms with E-state index in [0.717, 1.165) is 43.6 Å². The van der Waals surface area contributed by atoms with Gasteiger partial charge in [-0.25, -0.2) is 14.3 Å². The highest BCUT2D eigenvalue weighted by molar-refractivity contribution is 6.01. The minimum Gasteiger partial charge on any atom is -0.446 e. The maximum Gasteiger partial charge on any atom is 0.418 e. The molecule has 11 heteroatoms. The second-order valence-corrected chi connectivity index (χ2v) is 8.88. The van der Waals surface area contributed by atoms with Crippen LogP contribution in [0.15, 0.2) is 48.9 Å². The molecule has 0 amide bonds. The Bertz CT molecular complexity index is 1360. The Balaban J connectivity index is 0.000000360. The van der Waals surface area contributed by atoms with Crippen LogP contribution < -0.4 is 5.73 Å². The molecular formula is C27H33N5O6. The van der Waals surface area contributed by atoms with E-state index in [0.29, 0.717) is 41.2 Å². The standard InChI is InChI=1S/C21H21N5O4.C6H12O2/c1-29-16(8-6-15-7-9-19-20(22)23-13-24-26(15)19)12-30-21(28)25-10-14(11-27)17-4-2-3-5-18(17)25;1-7-6-2-4-8-5-3-6/h2-5,7,9-11,13,16H,6,8,12H2,1H3,(H2,22,23,24);6H,2-5H2,1H3. The SMILES string of the molecule is COC(CCc1ccc2c(N)ncnn12)COC(=O)n1cc(C=O)c2ccccc21.COC1CCOCC1. The minimum atomic E-state index is -0.560. The fourth-order valence-corrected chi connectivity index (χ4v) is 4.37. The molecule has 38 heavy (non-hydrogen) atoms. The van der Waals surface area contributed by atoms with Crippen LogP contribution >= 0.6 is 0 Å². The zero-order valence-corrected chi connectivity index (χ0v) is 21.6. The van der Waals surface area contributed by atoms with Gasteiger partial charge < -0.3 is 24.7 Å². The number of rotatable bonds is 8. The van der Waals surface area contributed by atoms with Crippen LogP contribution in [-0.2, 0) is 25.4 Å². The van der Waals surface area contributed by atoms with E-state index in [2.05, 4.69) is 10.1 Å². The third kappa shape index (κ3) is 6.36. The number of nitrogen functional groups attached to an aromatic ring is 1. The predicted molar refractivity (Wildman–Crippen MR) is 141 cm³/mol. The molecule has 1 saturated heterocycles. The molecule has 3 aromatic heterocycles. The first kappa shape index (κ1) is 27.2. The molecule has 1 aliphatic rings. The molecule has 1 fully saturated rings. The summed E-state index contributed by atoms with van der Waals surface area (Å²) < 4.78 is 24.2. The molecule has 1 unspecified atom stereocenters. The van der Waals surface area contributed by atoms with E-state index >= 15 is 0 Å². The Labute approximate surface area is 220 Å². The van der Waals surface area contributed by atoms with Gasteiger partial charge in [-0.1, -0.05) is 18.2 Å². The first-order valence-electron chi connectivity index (χ1n) is 12.5. The number of fused-ring (bicyclic) bond motifs is 2. The van der Waals surface area contributed by atoms with Gasteiger partial charge in [-0.2, -0.15) is 5.10 Å². The topological polar surface area (TPSA) is 132 Å². The summed E-state index contributed by atoms with van der Waals surface area (Å²) in [6.07, 6.45) is 6.63. The molecule has 2 N–H and O–H groups in total. The number of carbonyl (C=O) groups is 2. The van der Waals surface area contributed by atoms with Crippen LogP contribution in [0, 0.1) is 0 Å². The van der Waals surface area contributed by atoms with Gasteiger partial charge in [0.1, 0.15) is 18.5 Å². The second-order valence-electron chi connectivity index (χ2n) is 8.88. The number of hydrogen-bond acceptors (Lipinski definition) is 9. The number of aromatic nitrogens is 4. The average molecular weight is 524 g/mol. The molecule has 1 aromatic carbocycles. The van der Waals surface area contributed by atoms with Crippen molar-refractivity contribution in [3.63, 3.8) is 0 Å². The number of nitrogens with zero attached hydrogens (tertiary/aromatic N) is 4. The number of benzene rings is 1. The van der Waals surface area contributed by atoms with E-state index in [-0.39, 0.29) is 12.7 Å². The molecule has 0 radical (unpaired) electrons. The van der Waals surface area contributed by atoms with E-state index in [1.807, 2.05) is 18.2 Å². The average Bonchev–Trinajstić information content (AvgIpc) is 3.56. The van der Waals surface area contributed by atoms with Crippen molar-refractivity contribution in [3.05, 3.63) is 60.2 Å². The molecule has 0 spiro atoms. The fraction of sp³-hybridized carbons (Fsp3) is 0.407. The largest absolute Gasteiger partial charge is 0.446 e. The smallest absolute Gasteiger partial charge is 0.418 e. The summed E-state index contributed by atoms with van der Waals surface area (Å²) in [5, 5.41) is 4.93. The third-order valence-electron chi connectivity index (χ3n) is 6.58. The Morgan fingerprint density at radius 3 is 2.68 bits per heavy atom. The summed E-state index contributed by atoms with van der Waals surface area (Å²) in [7, 11) is 3.33. The van der Waals surface area contributed by atoms with Crippen molar-refractivity contribution < 1.29 is 28.5 Å². The number of hydrogen-bond donors (Lipinski definition) is 1. The zero-order chi connectivity index (χ0) is 26.9. The lowest BCUT2D eigenvalue weighted by atomic mass is 10.1. The number of methoxy groups -OCH3 is 2. The molecule has 4 aromatic rings. The van der Waals surface area contributed by atoms with Crippen LogP contribution in [0.1, 0.15) is 35.3 Å². The summed E-state index contributed by atoms with van der Waals surface area (Å²) >= 11 is 0. The number of ether oxygens (including phenoxy) is 4. The monoisotopic (exact) mass is 523 g/mol. The Morgan fingerprint density at radius 1 is 1.18 bits per heavy atom. The van der Waals surface area contributed by atoms with E-state index in [1.54, 1.807) is 36.9 Å². The van der Waals surface area contributed by atoms with Crippen LogP contribution in [0.2, 0.25) is 0 Å². The van der Waals surface area contributed by atoms with Crippen LogP contribution in [0.25, 0.3) is 16.4 Å². The molecule has 0 bridgehead atoms. The number of para-hydroxylation sites is 1. The van der Waals surface area contributed by atoms with Crippen molar-refractivity contribution in [2.45, 2.75) is 37.9 Å². The normalized spacial score (nSPS) is 14.7. The van der Waals surface area contributed by atoms with Crippen molar-refractivity contribution in [2.75, 3.05) is 39.8 Å². The quantitative estimate of drug-likeness (QED) is 0.344. The van der Waals surface area contributed by atoms with Crippen molar-refractivity contribution >= 4 is 34.6 Å². The minimum absolute atomic E-state index is 0.0820.